The summed E-state index contributed by atoms with van der Waals surface area (Å²) in [7, 11) is 2.00. The Bertz CT molecular complexity index is 454. The molecule has 0 amide bonds. The van der Waals surface area contributed by atoms with E-state index in [2.05, 4.69) is 9.88 Å². The highest BCUT2D eigenvalue weighted by atomic mass is 16.4. The van der Waals surface area contributed by atoms with Crippen LogP contribution in [0.3, 0.4) is 0 Å². The molecule has 0 saturated heterocycles. The number of aromatic nitrogens is 1. The summed E-state index contributed by atoms with van der Waals surface area (Å²) in [6.45, 7) is 0. The zero-order valence-electron chi connectivity index (χ0n) is 11.3. The average molecular weight is 263 g/mol. The minimum atomic E-state index is -0.997. The van der Waals surface area contributed by atoms with Crippen molar-refractivity contribution in [3.8, 4) is 0 Å². The normalized spacial score (nSPS) is 16.9. The van der Waals surface area contributed by atoms with Crippen molar-refractivity contribution >= 4 is 17.5 Å². The van der Waals surface area contributed by atoms with E-state index in [0.717, 1.165) is 12.8 Å². The van der Waals surface area contributed by atoms with E-state index in [0.29, 0.717) is 17.5 Å². The molecule has 1 aromatic rings. The van der Waals surface area contributed by atoms with Gasteiger partial charge in [0.15, 0.2) is 5.82 Å². The van der Waals surface area contributed by atoms with Crippen molar-refractivity contribution in [1.29, 1.82) is 0 Å². The number of carbonyl (C=O) groups is 1. The zero-order valence-corrected chi connectivity index (χ0v) is 11.3. The molecule has 1 fully saturated rings. The average Bonchev–Trinajstić information content (AvgIpc) is 2.66. The van der Waals surface area contributed by atoms with Gasteiger partial charge in [-0.1, -0.05) is 25.7 Å². The fourth-order valence-electron chi connectivity index (χ4n) is 2.70. The van der Waals surface area contributed by atoms with Crippen LogP contribution < -0.4 is 10.6 Å². The highest BCUT2D eigenvalue weighted by molar-refractivity contribution is 5.89. The molecule has 0 aromatic carbocycles. The number of pyridine rings is 1. The molecule has 0 atom stereocenters. The molecule has 0 aliphatic heterocycles. The third kappa shape index (κ3) is 3.16. The van der Waals surface area contributed by atoms with Crippen molar-refractivity contribution in [2.24, 2.45) is 0 Å². The highest BCUT2D eigenvalue weighted by Gasteiger charge is 2.20. The second-order valence-corrected chi connectivity index (χ2v) is 5.20. The van der Waals surface area contributed by atoms with Gasteiger partial charge in [0.05, 0.1) is 11.3 Å². The minimum Gasteiger partial charge on any atom is -0.478 e. The van der Waals surface area contributed by atoms with Gasteiger partial charge in [-0.15, -0.1) is 0 Å². The Balaban J connectivity index is 2.18. The molecule has 2 rings (SSSR count). The van der Waals surface area contributed by atoms with E-state index in [1.54, 1.807) is 0 Å². The predicted molar refractivity (Wildman–Crippen MR) is 75.5 cm³/mol. The maximum Gasteiger partial charge on any atom is 0.337 e. The third-order valence-corrected chi connectivity index (χ3v) is 3.85. The highest BCUT2D eigenvalue weighted by Crippen LogP contribution is 2.27. The smallest absolute Gasteiger partial charge is 0.337 e. The van der Waals surface area contributed by atoms with Crippen LogP contribution in [0.4, 0.5) is 11.5 Å². The van der Waals surface area contributed by atoms with Crippen molar-refractivity contribution in [3.05, 3.63) is 17.8 Å². The van der Waals surface area contributed by atoms with E-state index >= 15 is 0 Å². The number of nitrogens with zero attached hydrogens (tertiary/aromatic N) is 2. The van der Waals surface area contributed by atoms with Crippen LogP contribution in [0.5, 0.6) is 0 Å². The first kappa shape index (κ1) is 13.6. The molecule has 0 bridgehead atoms. The lowest BCUT2D eigenvalue weighted by Crippen LogP contribution is -2.32. The Labute approximate surface area is 113 Å². The lowest BCUT2D eigenvalue weighted by Gasteiger charge is -2.29. The van der Waals surface area contributed by atoms with Crippen LogP contribution in [0.25, 0.3) is 0 Å². The van der Waals surface area contributed by atoms with Crippen LogP contribution in [0.15, 0.2) is 12.3 Å². The maximum atomic E-state index is 10.9. The quantitative estimate of drug-likeness (QED) is 0.819. The number of anilines is 2. The molecule has 19 heavy (non-hydrogen) atoms. The molecular formula is C14H21N3O2. The SMILES string of the molecule is CN(c1ncc(C(=O)O)cc1N)C1CCCCCC1. The molecular weight excluding hydrogens is 242 g/mol. The topological polar surface area (TPSA) is 79.5 Å². The first-order valence-electron chi connectivity index (χ1n) is 6.81. The van der Waals surface area contributed by atoms with Crippen LogP contribution in [-0.4, -0.2) is 29.1 Å². The maximum absolute atomic E-state index is 10.9. The summed E-state index contributed by atoms with van der Waals surface area (Å²) >= 11 is 0. The molecule has 0 spiro atoms. The van der Waals surface area contributed by atoms with Gasteiger partial charge < -0.3 is 15.7 Å². The number of carboxylic acid groups (broad SMARTS) is 1. The van der Waals surface area contributed by atoms with Crippen LogP contribution in [-0.2, 0) is 0 Å². The van der Waals surface area contributed by atoms with E-state index in [1.165, 1.54) is 37.9 Å². The summed E-state index contributed by atoms with van der Waals surface area (Å²) < 4.78 is 0. The summed E-state index contributed by atoms with van der Waals surface area (Å²) in [5.74, 6) is -0.306. The van der Waals surface area contributed by atoms with Crippen LogP contribution >= 0.6 is 0 Å². The Morgan fingerprint density at radius 2 is 2.00 bits per heavy atom. The Morgan fingerprint density at radius 1 is 1.37 bits per heavy atom. The molecule has 0 unspecified atom stereocenters. The number of nitrogens with two attached hydrogens (primary N) is 1. The lowest BCUT2D eigenvalue weighted by molar-refractivity contribution is 0.0696. The number of carboxylic acids is 1. The van der Waals surface area contributed by atoms with Gasteiger partial charge in [0, 0.05) is 19.3 Å². The molecule has 1 saturated carbocycles. The van der Waals surface area contributed by atoms with E-state index in [-0.39, 0.29) is 5.56 Å². The van der Waals surface area contributed by atoms with E-state index < -0.39 is 5.97 Å². The largest absolute Gasteiger partial charge is 0.478 e. The first-order valence-corrected chi connectivity index (χ1v) is 6.81. The second-order valence-electron chi connectivity index (χ2n) is 5.20. The van der Waals surface area contributed by atoms with Crippen molar-refractivity contribution in [3.63, 3.8) is 0 Å². The summed E-state index contributed by atoms with van der Waals surface area (Å²) in [5, 5.41) is 8.92. The number of aromatic carboxylic acids is 1. The van der Waals surface area contributed by atoms with Crippen molar-refractivity contribution in [2.75, 3.05) is 17.7 Å². The van der Waals surface area contributed by atoms with Crippen LogP contribution in [0.2, 0.25) is 0 Å². The number of hydrogen-bond acceptors (Lipinski definition) is 4. The molecule has 1 heterocycles. The number of hydrogen-bond donors (Lipinski definition) is 2. The van der Waals surface area contributed by atoms with E-state index in [9.17, 15) is 4.79 Å². The Kier molecular flexibility index (Phi) is 4.24. The minimum absolute atomic E-state index is 0.135. The monoisotopic (exact) mass is 263 g/mol. The van der Waals surface area contributed by atoms with Crippen molar-refractivity contribution < 1.29 is 9.90 Å². The summed E-state index contributed by atoms with van der Waals surface area (Å²) in [4.78, 5) is 17.2. The van der Waals surface area contributed by atoms with Gasteiger partial charge in [-0.2, -0.15) is 0 Å². The van der Waals surface area contributed by atoms with Gasteiger partial charge in [-0.25, -0.2) is 9.78 Å². The predicted octanol–water partition coefficient (Wildman–Crippen LogP) is 2.52. The van der Waals surface area contributed by atoms with Gasteiger partial charge in [-0.3, -0.25) is 0 Å². The standard InChI is InChI=1S/C14H21N3O2/c1-17(11-6-4-2-3-5-7-11)13-12(15)8-10(9-16-13)14(18)19/h8-9,11H,2-7,15H2,1H3,(H,18,19). The number of rotatable bonds is 3. The van der Waals surface area contributed by atoms with Gasteiger partial charge in [0.25, 0.3) is 0 Å². The Hall–Kier alpha value is -1.78. The van der Waals surface area contributed by atoms with Crippen molar-refractivity contribution in [1.82, 2.24) is 4.98 Å². The van der Waals surface area contributed by atoms with E-state index in [1.807, 2.05) is 7.05 Å². The summed E-state index contributed by atoms with van der Waals surface area (Å²) in [6, 6.07) is 1.94. The zero-order chi connectivity index (χ0) is 13.8. The van der Waals surface area contributed by atoms with Gasteiger partial charge in [0.1, 0.15) is 0 Å². The molecule has 3 N–H and O–H groups in total. The summed E-state index contributed by atoms with van der Waals surface area (Å²) in [6.07, 6.45) is 8.75. The van der Waals surface area contributed by atoms with Gasteiger partial charge in [-0.05, 0) is 18.9 Å². The molecule has 5 heteroatoms. The first-order chi connectivity index (χ1) is 9.09. The lowest BCUT2D eigenvalue weighted by atomic mass is 10.1. The molecule has 0 radical (unpaired) electrons. The van der Waals surface area contributed by atoms with Gasteiger partial charge >= 0.3 is 5.97 Å². The number of nitrogen functional groups attached to an aromatic ring is 1. The fraction of sp³-hybridized carbons (Fsp3) is 0.571. The van der Waals surface area contributed by atoms with Gasteiger partial charge in [0.2, 0.25) is 0 Å². The molecule has 1 aromatic heterocycles. The molecule has 1 aliphatic carbocycles. The third-order valence-electron chi connectivity index (χ3n) is 3.85. The van der Waals surface area contributed by atoms with Crippen LogP contribution in [0, 0.1) is 0 Å². The molecule has 1 aliphatic rings. The second kappa shape index (κ2) is 5.91. The van der Waals surface area contributed by atoms with E-state index in [4.69, 9.17) is 10.8 Å². The van der Waals surface area contributed by atoms with Crippen LogP contribution in [0.1, 0.15) is 48.9 Å². The Morgan fingerprint density at radius 3 is 2.53 bits per heavy atom. The van der Waals surface area contributed by atoms with Crippen molar-refractivity contribution in [2.45, 2.75) is 44.6 Å². The molecule has 5 nitrogen and oxygen atoms in total. The fourth-order valence-corrected chi connectivity index (χ4v) is 2.70. The molecule has 104 valence electrons. The summed E-state index contributed by atoms with van der Waals surface area (Å²) in [5.41, 5.74) is 6.51.